The van der Waals surface area contributed by atoms with Gasteiger partial charge in [-0.25, -0.2) is 15.0 Å². The molecule has 4 aromatic heterocycles. The van der Waals surface area contributed by atoms with E-state index in [0.29, 0.717) is 18.0 Å². The van der Waals surface area contributed by atoms with Gasteiger partial charge in [0.05, 0.1) is 11.7 Å². The zero-order chi connectivity index (χ0) is 21.9. The molecule has 4 aromatic rings. The molecule has 0 radical (unpaired) electrons. The standard InChI is InChI=1S/C26H29N7/c1-15-12-18-17(7-10-29-24(18)30-15)25-31-21-14-27-13-19(16-4-2-5-16)23(21)26(32-25)33-11-8-20-22(33)6-3-9-28-20/h7,10,12-14,16,20,22,28H,2-6,8-9,11H2,1H3,(H,29,30)/t20-,22?/m1/s1. The first kappa shape index (κ1) is 19.4. The molecule has 3 aliphatic rings. The lowest BCUT2D eigenvalue weighted by atomic mass is 9.79. The highest BCUT2D eigenvalue weighted by Crippen LogP contribution is 2.43. The molecule has 7 nitrogen and oxygen atoms in total. The molecule has 6 heterocycles. The molecule has 3 fully saturated rings. The largest absolute Gasteiger partial charge is 0.351 e. The number of fused-ring (bicyclic) bond motifs is 3. The SMILES string of the molecule is Cc1cc2c(-c3nc(N4CC[C@H]5NCCCC54)c4c(C5CCC5)cncc4n3)ccnc2[nH]1. The van der Waals surface area contributed by atoms with Gasteiger partial charge < -0.3 is 15.2 Å². The third-order valence-corrected chi connectivity index (χ3v) is 7.97. The molecule has 1 unspecified atom stereocenters. The van der Waals surface area contributed by atoms with Crippen molar-refractivity contribution in [3.8, 4) is 11.4 Å². The minimum absolute atomic E-state index is 0.499. The number of aromatic amines is 1. The van der Waals surface area contributed by atoms with E-state index in [-0.39, 0.29) is 0 Å². The third-order valence-electron chi connectivity index (χ3n) is 7.97. The average molecular weight is 440 g/mol. The number of nitrogens with one attached hydrogen (secondary N) is 2. The molecule has 2 atom stereocenters. The lowest BCUT2D eigenvalue weighted by Crippen LogP contribution is -2.47. The second kappa shape index (κ2) is 7.48. The van der Waals surface area contributed by atoms with Crippen LogP contribution in [0.25, 0.3) is 33.3 Å². The van der Waals surface area contributed by atoms with Crippen molar-refractivity contribution in [3.05, 3.63) is 42.0 Å². The highest BCUT2D eigenvalue weighted by molar-refractivity contribution is 5.97. The Labute approximate surface area is 193 Å². The number of aromatic nitrogens is 5. The number of rotatable bonds is 3. The van der Waals surface area contributed by atoms with E-state index in [1.54, 1.807) is 0 Å². The second-order valence-corrected chi connectivity index (χ2v) is 9.95. The van der Waals surface area contributed by atoms with Crippen LogP contribution in [-0.4, -0.2) is 50.1 Å². The smallest absolute Gasteiger partial charge is 0.163 e. The van der Waals surface area contributed by atoms with Gasteiger partial charge in [0.15, 0.2) is 5.82 Å². The van der Waals surface area contributed by atoms with E-state index < -0.39 is 0 Å². The normalized spacial score (nSPS) is 23.2. The minimum atomic E-state index is 0.499. The van der Waals surface area contributed by atoms with Crippen LogP contribution in [0.15, 0.2) is 30.7 Å². The van der Waals surface area contributed by atoms with Gasteiger partial charge in [0, 0.05) is 53.1 Å². The first-order valence-electron chi connectivity index (χ1n) is 12.4. The van der Waals surface area contributed by atoms with E-state index in [9.17, 15) is 0 Å². The predicted molar refractivity (Wildman–Crippen MR) is 131 cm³/mol. The van der Waals surface area contributed by atoms with Crippen LogP contribution in [0.1, 0.15) is 55.7 Å². The maximum atomic E-state index is 5.32. The highest BCUT2D eigenvalue weighted by Gasteiger charge is 2.38. The zero-order valence-corrected chi connectivity index (χ0v) is 19.0. The summed E-state index contributed by atoms with van der Waals surface area (Å²) in [5.74, 6) is 2.45. The van der Waals surface area contributed by atoms with Crippen molar-refractivity contribution in [1.82, 2.24) is 30.2 Å². The molecule has 0 bridgehead atoms. The van der Waals surface area contributed by atoms with Gasteiger partial charge in [-0.15, -0.1) is 0 Å². The third kappa shape index (κ3) is 3.05. The van der Waals surface area contributed by atoms with Crippen molar-refractivity contribution in [1.29, 1.82) is 0 Å². The molecule has 7 rings (SSSR count). The van der Waals surface area contributed by atoms with E-state index >= 15 is 0 Å². The fourth-order valence-electron chi connectivity index (χ4n) is 6.11. The molecule has 2 N–H and O–H groups in total. The summed E-state index contributed by atoms with van der Waals surface area (Å²) in [6.45, 7) is 4.23. The van der Waals surface area contributed by atoms with Gasteiger partial charge in [-0.2, -0.15) is 0 Å². The summed E-state index contributed by atoms with van der Waals surface area (Å²) in [6, 6.07) is 5.24. The number of aryl methyl sites for hydroxylation is 1. The highest BCUT2D eigenvalue weighted by atomic mass is 15.3. The van der Waals surface area contributed by atoms with Crippen LogP contribution in [0.3, 0.4) is 0 Å². The Hall–Kier alpha value is -3.06. The average Bonchev–Trinajstić information content (AvgIpc) is 3.40. The molecule has 33 heavy (non-hydrogen) atoms. The lowest BCUT2D eigenvalue weighted by Gasteiger charge is -2.34. The van der Waals surface area contributed by atoms with Gasteiger partial charge in [-0.3, -0.25) is 4.98 Å². The summed E-state index contributed by atoms with van der Waals surface area (Å²) in [4.78, 5) is 25.5. The van der Waals surface area contributed by atoms with Gasteiger partial charge in [0.2, 0.25) is 0 Å². The maximum Gasteiger partial charge on any atom is 0.163 e. The number of pyridine rings is 2. The summed E-state index contributed by atoms with van der Waals surface area (Å²) in [5, 5.41) is 6.05. The van der Waals surface area contributed by atoms with E-state index in [0.717, 1.165) is 52.5 Å². The molecule has 0 spiro atoms. The van der Waals surface area contributed by atoms with Crippen LogP contribution in [0.4, 0.5) is 5.82 Å². The number of anilines is 1. The summed E-state index contributed by atoms with van der Waals surface area (Å²) < 4.78 is 0. The van der Waals surface area contributed by atoms with Crippen LogP contribution >= 0.6 is 0 Å². The molecule has 168 valence electrons. The maximum absolute atomic E-state index is 5.32. The van der Waals surface area contributed by atoms with Crippen molar-refractivity contribution >= 4 is 27.8 Å². The van der Waals surface area contributed by atoms with Gasteiger partial charge in [-0.1, -0.05) is 6.42 Å². The molecule has 1 saturated carbocycles. The van der Waals surface area contributed by atoms with Crippen molar-refractivity contribution in [3.63, 3.8) is 0 Å². The molecule has 0 aromatic carbocycles. The first-order valence-corrected chi connectivity index (χ1v) is 12.4. The molecule has 1 aliphatic carbocycles. The van der Waals surface area contributed by atoms with Crippen LogP contribution in [0.2, 0.25) is 0 Å². The summed E-state index contributed by atoms with van der Waals surface area (Å²) in [7, 11) is 0. The van der Waals surface area contributed by atoms with Crippen molar-refractivity contribution in [2.75, 3.05) is 18.0 Å². The van der Waals surface area contributed by atoms with E-state index in [1.807, 2.05) is 18.5 Å². The number of piperidine rings is 1. The second-order valence-electron chi connectivity index (χ2n) is 9.95. The van der Waals surface area contributed by atoms with Gasteiger partial charge >= 0.3 is 0 Å². The Morgan fingerprint density at radius 3 is 2.88 bits per heavy atom. The Morgan fingerprint density at radius 1 is 1.06 bits per heavy atom. The van der Waals surface area contributed by atoms with E-state index in [2.05, 4.69) is 44.4 Å². The molecular weight excluding hydrogens is 410 g/mol. The summed E-state index contributed by atoms with van der Waals surface area (Å²) in [6.07, 6.45) is 13.2. The molecule has 7 heteroatoms. The van der Waals surface area contributed by atoms with Gasteiger partial charge in [0.25, 0.3) is 0 Å². The number of hydrogen-bond donors (Lipinski definition) is 2. The van der Waals surface area contributed by atoms with Crippen molar-refractivity contribution in [2.24, 2.45) is 0 Å². The molecule has 2 saturated heterocycles. The number of nitrogens with zero attached hydrogens (tertiary/aromatic N) is 5. The fraction of sp³-hybridized carbons (Fsp3) is 0.462. The Morgan fingerprint density at radius 2 is 2.00 bits per heavy atom. The van der Waals surface area contributed by atoms with E-state index in [4.69, 9.17) is 9.97 Å². The fourth-order valence-corrected chi connectivity index (χ4v) is 6.11. The Balaban J connectivity index is 1.47. The van der Waals surface area contributed by atoms with Gasteiger partial charge in [-0.05, 0) is 69.2 Å². The molecule has 0 amide bonds. The topological polar surface area (TPSA) is 82.6 Å². The predicted octanol–water partition coefficient (Wildman–Crippen LogP) is 4.47. The minimum Gasteiger partial charge on any atom is -0.351 e. The van der Waals surface area contributed by atoms with Crippen LogP contribution < -0.4 is 10.2 Å². The molecular formula is C26H29N7. The summed E-state index contributed by atoms with van der Waals surface area (Å²) >= 11 is 0. The number of hydrogen-bond acceptors (Lipinski definition) is 6. The molecule has 2 aliphatic heterocycles. The number of H-pyrrole nitrogens is 1. The Bertz CT molecular complexity index is 1360. The first-order chi connectivity index (χ1) is 16.3. The van der Waals surface area contributed by atoms with Crippen LogP contribution in [0, 0.1) is 6.92 Å². The van der Waals surface area contributed by atoms with Crippen molar-refractivity contribution < 1.29 is 0 Å². The monoisotopic (exact) mass is 439 g/mol. The summed E-state index contributed by atoms with van der Waals surface area (Å²) in [5.41, 5.74) is 5.30. The van der Waals surface area contributed by atoms with E-state index in [1.165, 1.54) is 49.5 Å². The lowest BCUT2D eigenvalue weighted by molar-refractivity contribution is 0.382. The van der Waals surface area contributed by atoms with Crippen LogP contribution in [0.5, 0.6) is 0 Å². The van der Waals surface area contributed by atoms with Crippen LogP contribution in [-0.2, 0) is 0 Å². The zero-order valence-electron chi connectivity index (χ0n) is 19.0. The Kier molecular flexibility index (Phi) is 4.40. The van der Waals surface area contributed by atoms with Crippen molar-refractivity contribution in [2.45, 2.75) is 63.5 Å². The van der Waals surface area contributed by atoms with Gasteiger partial charge in [0.1, 0.15) is 11.5 Å². The quantitative estimate of drug-likeness (QED) is 0.490.